The van der Waals surface area contributed by atoms with Crippen molar-refractivity contribution in [1.82, 2.24) is 0 Å². The average Bonchev–Trinajstić information content (AvgIpc) is 2.46. The van der Waals surface area contributed by atoms with Crippen LogP contribution in [0.3, 0.4) is 0 Å². The summed E-state index contributed by atoms with van der Waals surface area (Å²) in [6.07, 6.45) is 14.5. The average molecular weight is 292 g/mol. The van der Waals surface area contributed by atoms with Crippen molar-refractivity contribution in [3.8, 4) is 0 Å². The fourth-order valence-corrected chi connectivity index (χ4v) is 2.73. The minimum Gasteiger partial charge on any atom is -0.508 e. The molecule has 4 nitrogen and oxygen atoms in total. The number of hydrogen-bond donors (Lipinski definition) is 4. The van der Waals surface area contributed by atoms with Crippen molar-refractivity contribution in [2.45, 2.75) is 56.1 Å². The Morgan fingerprint density at radius 3 is 1.52 bits per heavy atom. The van der Waals surface area contributed by atoms with Crippen LogP contribution in [0.1, 0.15) is 44.9 Å². The molecule has 21 heavy (non-hydrogen) atoms. The summed E-state index contributed by atoms with van der Waals surface area (Å²) >= 11 is 0. The van der Waals surface area contributed by atoms with Gasteiger partial charge in [0, 0.05) is 12.8 Å². The maximum atomic E-state index is 10.3. The second kappa shape index (κ2) is 6.50. The van der Waals surface area contributed by atoms with Crippen LogP contribution in [0.5, 0.6) is 0 Å². The van der Waals surface area contributed by atoms with Crippen LogP contribution in [-0.4, -0.2) is 31.6 Å². The zero-order valence-electron chi connectivity index (χ0n) is 12.2. The molecule has 2 unspecified atom stereocenters. The van der Waals surface area contributed by atoms with Gasteiger partial charge in [0.05, 0.1) is 11.2 Å². The van der Waals surface area contributed by atoms with Crippen LogP contribution in [0.15, 0.2) is 48.0 Å². The molecule has 2 aliphatic carbocycles. The molecule has 0 aliphatic heterocycles. The number of rotatable bonds is 6. The number of aliphatic hydroxyl groups excluding tert-OH is 2. The summed E-state index contributed by atoms with van der Waals surface area (Å²) in [4.78, 5) is 0. The lowest BCUT2D eigenvalue weighted by Gasteiger charge is -2.27. The molecule has 2 atom stereocenters. The van der Waals surface area contributed by atoms with Crippen LogP contribution in [0.2, 0.25) is 0 Å². The van der Waals surface area contributed by atoms with Gasteiger partial charge >= 0.3 is 0 Å². The molecule has 2 aliphatic rings. The van der Waals surface area contributed by atoms with Crippen LogP contribution in [-0.2, 0) is 0 Å². The van der Waals surface area contributed by atoms with Crippen LogP contribution in [0.4, 0.5) is 0 Å². The molecule has 0 fully saturated rings. The van der Waals surface area contributed by atoms with Gasteiger partial charge in [-0.3, -0.25) is 0 Å². The lowest BCUT2D eigenvalue weighted by atomic mass is 9.86. The van der Waals surface area contributed by atoms with E-state index in [-0.39, 0.29) is 11.5 Å². The fourth-order valence-electron chi connectivity index (χ4n) is 2.73. The van der Waals surface area contributed by atoms with Gasteiger partial charge in [-0.15, -0.1) is 0 Å². The molecule has 0 spiro atoms. The first-order valence-electron chi connectivity index (χ1n) is 7.52. The predicted molar refractivity (Wildman–Crippen MR) is 81.9 cm³/mol. The maximum absolute atomic E-state index is 10.3. The van der Waals surface area contributed by atoms with Crippen molar-refractivity contribution < 1.29 is 20.4 Å². The minimum atomic E-state index is -0.845. The monoisotopic (exact) mass is 292 g/mol. The molecule has 0 amide bonds. The Morgan fingerprint density at radius 2 is 1.19 bits per heavy atom. The third-order valence-corrected chi connectivity index (χ3v) is 4.18. The first-order valence-corrected chi connectivity index (χ1v) is 7.52. The highest BCUT2D eigenvalue weighted by Gasteiger charge is 2.26. The molecule has 4 heteroatoms. The molecule has 116 valence electrons. The van der Waals surface area contributed by atoms with Crippen LogP contribution >= 0.6 is 0 Å². The zero-order chi connectivity index (χ0) is 15.3. The molecule has 0 bridgehead atoms. The molecule has 4 N–H and O–H groups in total. The van der Waals surface area contributed by atoms with Gasteiger partial charge in [0.1, 0.15) is 11.5 Å². The summed E-state index contributed by atoms with van der Waals surface area (Å²) in [5.41, 5.74) is -1.69. The van der Waals surface area contributed by atoms with E-state index in [0.29, 0.717) is 25.7 Å². The number of unbranched alkanes of at least 4 members (excludes halogenated alkanes) is 2. The van der Waals surface area contributed by atoms with E-state index in [0.717, 1.165) is 19.3 Å². The molecule has 0 aromatic rings. The SMILES string of the molecule is OC1=CCC(O)(CCCCCC2(O)C=CC(O)=CC2)C=C1. The number of aliphatic hydroxyl groups is 4. The zero-order valence-corrected chi connectivity index (χ0v) is 12.2. The molecule has 0 aromatic heterocycles. The first kappa shape index (κ1) is 15.9. The molecular weight excluding hydrogens is 268 g/mol. The van der Waals surface area contributed by atoms with E-state index in [1.165, 1.54) is 12.2 Å². The van der Waals surface area contributed by atoms with Gasteiger partial charge in [0.25, 0.3) is 0 Å². The molecule has 0 heterocycles. The van der Waals surface area contributed by atoms with E-state index in [9.17, 15) is 20.4 Å². The van der Waals surface area contributed by atoms with Crippen molar-refractivity contribution >= 4 is 0 Å². The highest BCUT2D eigenvalue weighted by molar-refractivity contribution is 5.23. The van der Waals surface area contributed by atoms with E-state index < -0.39 is 11.2 Å². The van der Waals surface area contributed by atoms with Gasteiger partial charge < -0.3 is 20.4 Å². The quantitative estimate of drug-likeness (QED) is 0.567. The summed E-state index contributed by atoms with van der Waals surface area (Å²) in [7, 11) is 0. The number of allylic oxidation sites excluding steroid dienone is 2. The molecule has 0 saturated carbocycles. The van der Waals surface area contributed by atoms with Crippen LogP contribution in [0, 0.1) is 0 Å². The third-order valence-electron chi connectivity index (χ3n) is 4.18. The molecule has 0 saturated heterocycles. The second-order valence-corrected chi connectivity index (χ2v) is 6.10. The van der Waals surface area contributed by atoms with Gasteiger partial charge in [-0.2, -0.15) is 0 Å². The Labute approximate surface area is 125 Å². The standard InChI is InChI=1S/C17H24O4/c18-14-4-10-16(20,11-5-14)8-2-1-3-9-17(21)12-6-15(19)7-13-17/h4-7,10,12,18-21H,1-3,8-9,11,13H2. The second-order valence-electron chi connectivity index (χ2n) is 6.10. The van der Waals surface area contributed by atoms with Crippen molar-refractivity contribution in [3.63, 3.8) is 0 Å². The Kier molecular flexibility index (Phi) is 4.91. The van der Waals surface area contributed by atoms with Crippen molar-refractivity contribution in [2.24, 2.45) is 0 Å². The van der Waals surface area contributed by atoms with Gasteiger partial charge in [-0.1, -0.05) is 19.3 Å². The van der Waals surface area contributed by atoms with E-state index in [4.69, 9.17) is 0 Å². The van der Waals surface area contributed by atoms with Gasteiger partial charge in [0.2, 0.25) is 0 Å². The fraction of sp³-hybridized carbons (Fsp3) is 0.529. The van der Waals surface area contributed by atoms with Gasteiger partial charge in [-0.25, -0.2) is 0 Å². The predicted octanol–water partition coefficient (Wildman–Crippen LogP) is 3.20. The van der Waals surface area contributed by atoms with Crippen molar-refractivity contribution in [1.29, 1.82) is 0 Å². The Bertz CT molecular complexity index is 445. The topological polar surface area (TPSA) is 80.9 Å². The van der Waals surface area contributed by atoms with E-state index in [1.54, 1.807) is 24.3 Å². The molecule has 0 radical (unpaired) electrons. The summed E-state index contributed by atoms with van der Waals surface area (Å²) in [6.45, 7) is 0. The van der Waals surface area contributed by atoms with Gasteiger partial charge in [0.15, 0.2) is 0 Å². The van der Waals surface area contributed by atoms with E-state index in [2.05, 4.69) is 0 Å². The van der Waals surface area contributed by atoms with Crippen molar-refractivity contribution in [2.75, 3.05) is 0 Å². The lowest BCUT2D eigenvalue weighted by Crippen LogP contribution is -2.27. The third kappa shape index (κ3) is 4.76. The lowest BCUT2D eigenvalue weighted by molar-refractivity contribution is 0.0708. The van der Waals surface area contributed by atoms with Gasteiger partial charge in [-0.05, 0) is 49.3 Å². The maximum Gasteiger partial charge on any atom is 0.111 e. The minimum absolute atomic E-state index is 0.210. The summed E-state index contributed by atoms with van der Waals surface area (Å²) in [5, 5.41) is 39.1. The summed E-state index contributed by atoms with van der Waals surface area (Å²) in [5.74, 6) is 0.421. The molecule has 2 rings (SSSR count). The highest BCUT2D eigenvalue weighted by Crippen LogP contribution is 2.28. The Morgan fingerprint density at radius 1 is 0.762 bits per heavy atom. The normalized spacial score (nSPS) is 31.9. The largest absolute Gasteiger partial charge is 0.508 e. The van der Waals surface area contributed by atoms with E-state index >= 15 is 0 Å². The van der Waals surface area contributed by atoms with E-state index in [1.807, 2.05) is 0 Å². The van der Waals surface area contributed by atoms with Crippen LogP contribution in [0.25, 0.3) is 0 Å². The molecule has 0 aromatic carbocycles. The number of hydrogen-bond acceptors (Lipinski definition) is 4. The summed E-state index contributed by atoms with van der Waals surface area (Å²) in [6, 6.07) is 0. The van der Waals surface area contributed by atoms with Crippen molar-refractivity contribution in [3.05, 3.63) is 48.0 Å². The smallest absolute Gasteiger partial charge is 0.111 e. The Balaban J connectivity index is 1.65. The van der Waals surface area contributed by atoms with Crippen LogP contribution < -0.4 is 0 Å². The first-order chi connectivity index (χ1) is 9.91. The summed E-state index contributed by atoms with van der Waals surface area (Å²) < 4.78 is 0. The Hall–Kier alpha value is -1.52. The molecular formula is C17H24O4. The highest BCUT2D eigenvalue weighted by atomic mass is 16.3.